The highest BCUT2D eigenvalue weighted by Gasteiger charge is 2.22. The summed E-state index contributed by atoms with van der Waals surface area (Å²) in [6.45, 7) is 6.25. The number of halogens is 2. The number of aryl methyl sites for hydroxylation is 1. The molecule has 2 unspecified atom stereocenters. The molecule has 0 aliphatic carbocycles. The quantitative estimate of drug-likeness (QED) is 0.766. The number of amides is 1. The highest BCUT2D eigenvalue weighted by atomic mass is 35.5. The van der Waals surface area contributed by atoms with Crippen molar-refractivity contribution < 1.29 is 4.79 Å². The number of imidazole rings is 1. The van der Waals surface area contributed by atoms with Crippen molar-refractivity contribution >= 4 is 47.4 Å². The normalized spacial score (nSPS) is 18.3. The van der Waals surface area contributed by atoms with Gasteiger partial charge in [-0.15, -0.1) is 24.8 Å². The molecular formula is C17H26Cl2N4O. The van der Waals surface area contributed by atoms with Crippen LogP contribution in [0.5, 0.6) is 0 Å². The Morgan fingerprint density at radius 3 is 2.92 bits per heavy atom. The van der Waals surface area contributed by atoms with E-state index in [0.717, 1.165) is 35.6 Å². The second-order valence-electron chi connectivity index (χ2n) is 6.39. The number of fused-ring (bicyclic) bond motifs is 1. The number of nitrogens with one attached hydrogen (secondary N) is 3. The molecule has 5 nitrogen and oxygen atoms in total. The van der Waals surface area contributed by atoms with Gasteiger partial charge in [0.15, 0.2) is 0 Å². The van der Waals surface area contributed by atoms with E-state index in [0.29, 0.717) is 18.3 Å². The van der Waals surface area contributed by atoms with Gasteiger partial charge in [0.1, 0.15) is 5.82 Å². The van der Waals surface area contributed by atoms with Gasteiger partial charge in [-0.25, -0.2) is 4.98 Å². The fourth-order valence-electron chi connectivity index (χ4n) is 3.25. The van der Waals surface area contributed by atoms with E-state index in [2.05, 4.69) is 27.5 Å². The van der Waals surface area contributed by atoms with E-state index in [1.165, 1.54) is 12.8 Å². The summed E-state index contributed by atoms with van der Waals surface area (Å²) in [6, 6.07) is 5.79. The van der Waals surface area contributed by atoms with Crippen molar-refractivity contribution in [1.82, 2.24) is 15.3 Å². The lowest BCUT2D eigenvalue weighted by molar-refractivity contribution is -0.117. The summed E-state index contributed by atoms with van der Waals surface area (Å²) in [4.78, 5) is 19.8. The Labute approximate surface area is 155 Å². The SMILES string of the molecule is Cc1nc2ccc(NC(=O)CC(C)C3CCCNC3)cc2[nH]1.Cl.Cl. The topological polar surface area (TPSA) is 69.8 Å². The number of aromatic amines is 1. The predicted molar refractivity (Wildman–Crippen MR) is 103 cm³/mol. The van der Waals surface area contributed by atoms with E-state index in [9.17, 15) is 4.79 Å². The molecule has 0 spiro atoms. The zero-order valence-electron chi connectivity index (χ0n) is 14.1. The van der Waals surface area contributed by atoms with Crippen molar-refractivity contribution in [3.05, 3.63) is 24.0 Å². The monoisotopic (exact) mass is 372 g/mol. The van der Waals surface area contributed by atoms with Crippen LogP contribution >= 0.6 is 24.8 Å². The van der Waals surface area contributed by atoms with Gasteiger partial charge in [0, 0.05) is 12.1 Å². The van der Waals surface area contributed by atoms with Crippen LogP contribution < -0.4 is 10.6 Å². The number of carbonyl (C=O) groups excluding carboxylic acids is 1. The lowest BCUT2D eigenvalue weighted by Crippen LogP contribution is -2.34. The molecule has 3 rings (SSSR count). The third kappa shape index (κ3) is 5.10. The Morgan fingerprint density at radius 1 is 1.42 bits per heavy atom. The molecule has 2 aromatic rings. The molecule has 1 aromatic carbocycles. The molecule has 1 saturated heterocycles. The Hall–Kier alpha value is -1.30. The highest BCUT2D eigenvalue weighted by molar-refractivity contribution is 5.93. The smallest absolute Gasteiger partial charge is 0.224 e. The minimum atomic E-state index is 0. The minimum Gasteiger partial charge on any atom is -0.342 e. The molecule has 24 heavy (non-hydrogen) atoms. The van der Waals surface area contributed by atoms with E-state index >= 15 is 0 Å². The zero-order valence-corrected chi connectivity index (χ0v) is 15.7. The molecule has 1 fully saturated rings. The summed E-state index contributed by atoms with van der Waals surface area (Å²) in [5.41, 5.74) is 2.71. The van der Waals surface area contributed by atoms with Gasteiger partial charge in [-0.1, -0.05) is 6.92 Å². The van der Waals surface area contributed by atoms with Crippen molar-refractivity contribution in [3.8, 4) is 0 Å². The van der Waals surface area contributed by atoms with Crippen LogP contribution in [0.3, 0.4) is 0 Å². The zero-order chi connectivity index (χ0) is 15.5. The van der Waals surface area contributed by atoms with E-state index in [-0.39, 0.29) is 30.7 Å². The van der Waals surface area contributed by atoms with Crippen molar-refractivity contribution in [1.29, 1.82) is 0 Å². The summed E-state index contributed by atoms with van der Waals surface area (Å²) < 4.78 is 0. The molecule has 0 bridgehead atoms. The summed E-state index contributed by atoms with van der Waals surface area (Å²) >= 11 is 0. The van der Waals surface area contributed by atoms with E-state index in [1.807, 2.05) is 25.1 Å². The molecule has 1 aliphatic heterocycles. The molecule has 2 heterocycles. The van der Waals surface area contributed by atoms with Gasteiger partial charge < -0.3 is 15.6 Å². The van der Waals surface area contributed by atoms with Crippen LogP contribution in [0, 0.1) is 18.8 Å². The number of anilines is 1. The second kappa shape index (κ2) is 9.25. The Balaban J connectivity index is 0.00000144. The van der Waals surface area contributed by atoms with Crippen molar-refractivity contribution in [2.75, 3.05) is 18.4 Å². The van der Waals surface area contributed by atoms with E-state index in [4.69, 9.17) is 0 Å². The van der Waals surface area contributed by atoms with Crippen LogP contribution in [-0.2, 0) is 4.79 Å². The maximum absolute atomic E-state index is 12.2. The van der Waals surface area contributed by atoms with Crippen LogP contribution in [0.2, 0.25) is 0 Å². The standard InChI is InChI=1S/C17H24N4O.2ClH/c1-11(13-4-3-7-18-10-13)8-17(22)21-14-5-6-15-16(9-14)20-12(2)19-15;;/h5-6,9,11,13,18H,3-4,7-8,10H2,1-2H3,(H,19,20)(H,21,22);2*1H. The van der Waals surface area contributed by atoms with Crippen molar-refractivity contribution in [3.63, 3.8) is 0 Å². The van der Waals surface area contributed by atoms with Crippen LogP contribution in [0.4, 0.5) is 5.69 Å². The fourth-order valence-corrected chi connectivity index (χ4v) is 3.25. The van der Waals surface area contributed by atoms with E-state index in [1.54, 1.807) is 0 Å². The predicted octanol–water partition coefficient (Wildman–Crippen LogP) is 3.68. The van der Waals surface area contributed by atoms with Gasteiger partial charge >= 0.3 is 0 Å². The molecule has 1 aliphatic rings. The lowest BCUT2D eigenvalue weighted by Gasteiger charge is -2.28. The first-order chi connectivity index (χ1) is 10.6. The third-order valence-corrected chi connectivity index (χ3v) is 4.53. The molecule has 1 amide bonds. The first-order valence-corrected chi connectivity index (χ1v) is 8.09. The van der Waals surface area contributed by atoms with Gasteiger partial charge in [0.05, 0.1) is 11.0 Å². The number of carbonyl (C=O) groups is 1. The van der Waals surface area contributed by atoms with Gasteiger partial charge in [-0.2, -0.15) is 0 Å². The maximum atomic E-state index is 12.2. The largest absolute Gasteiger partial charge is 0.342 e. The number of rotatable bonds is 4. The first kappa shape index (κ1) is 20.7. The Kier molecular flexibility index (Phi) is 8.00. The van der Waals surface area contributed by atoms with Gasteiger partial charge in [-0.05, 0) is 62.9 Å². The third-order valence-electron chi connectivity index (χ3n) is 4.53. The summed E-state index contributed by atoms with van der Waals surface area (Å²) in [6.07, 6.45) is 3.01. The number of piperidine rings is 1. The fraction of sp³-hybridized carbons (Fsp3) is 0.529. The number of nitrogens with zero attached hydrogens (tertiary/aromatic N) is 1. The summed E-state index contributed by atoms with van der Waals surface area (Å²) in [5.74, 6) is 1.99. The average Bonchev–Trinajstić information content (AvgIpc) is 2.87. The van der Waals surface area contributed by atoms with E-state index < -0.39 is 0 Å². The number of benzene rings is 1. The number of H-pyrrole nitrogens is 1. The molecular weight excluding hydrogens is 347 g/mol. The molecule has 134 valence electrons. The molecule has 1 aromatic heterocycles. The maximum Gasteiger partial charge on any atom is 0.224 e. The van der Waals surface area contributed by atoms with Gasteiger partial charge in [-0.3, -0.25) is 4.79 Å². The minimum absolute atomic E-state index is 0. The number of hydrogen-bond donors (Lipinski definition) is 3. The highest BCUT2D eigenvalue weighted by Crippen LogP contribution is 2.23. The van der Waals surface area contributed by atoms with Crippen LogP contribution in [-0.4, -0.2) is 29.0 Å². The molecule has 0 radical (unpaired) electrons. The number of aromatic nitrogens is 2. The van der Waals surface area contributed by atoms with Crippen LogP contribution in [0.1, 0.15) is 32.0 Å². The van der Waals surface area contributed by atoms with Crippen molar-refractivity contribution in [2.45, 2.75) is 33.1 Å². The molecule has 3 N–H and O–H groups in total. The second-order valence-corrected chi connectivity index (χ2v) is 6.39. The number of hydrogen-bond acceptors (Lipinski definition) is 3. The average molecular weight is 373 g/mol. The summed E-state index contributed by atoms with van der Waals surface area (Å²) in [5, 5.41) is 6.42. The van der Waals surface area contributed by atoms with Crippen LogP contribution in [0.25, 0.3) is 11.0 Å². The molecule has 0 saturated carbocycles. The lowest BCUT2D eigenvalue weighted by atomic mass is 9.85. The molecule has 2 atom stereocenters. The van der Waals surface area contributed by atoms with Crippen LogP contribution in [0.15, 0.2) is 18.2 Å². The summed E-state index contributed by atoms with van der Waals surface area (Å²) in [7, 11) is 0. The Morgan fingerprint density at radius 2 is 2.21 bits per heavy atom. The first-order valence-electron chi connectivity index (χ1n) is 8.09. The van der Waals surface area contributed by atoms with Crippen molar-refractivity contribution in [2.24, 2.45) is 11.8 Å². The molecule has 7 heteroatoms. The van der Waals surface area contributed by atoms with Gasteiger partial charge in [0.2, 0.25) is 5.91 Å². The Bertz CT molecular complexity index is 668. The van der Waals surface area contributed by atoms with Gasteiger partial charge in [0.25, 0.3) is 0 Å².